The number of amides is 1. The zero-order chi connectivity index (χ0) is 13.4. The SMILES string of the molecule is CC(=O)N1CCC(n2c(C)cnc2C2CCC2)CC1. The Hall–Kier alpha value is -1.32. The van der Waals surface area contributed by atoms with Crippen LogP contribution in [0.1, 0.15) is 62.5 Å². The first-order valence-electron chi connectivity index (χ1n) is 7.46. The Morgan fingerprint density at radius 1 is 1.26 bits per heavy atom. The standard InChI is InChI=1S/C15H23N3O/c1-11-10-16-15(13-4-3-5-13)18(11)14-6-8-17(9-7-14)12(2)19/h10,13-14H,3-9H2,1-2H3. The van der Waals surface area contributed by atoms with Crippen molar-refractivity contribution in [2.75, 3.05) is 13.1 Å². The maximum absolute atomic E-state index is 11.4. The Morgan fingerprint density at radius 2 is 1.95 bits per heavy atom. The highest BCUT2D eigenvalue weighted by Crippen LogP contribution is 2.38. The Labute approximate surface area is 114 Å². The molecule has 0 N–H and O–H groups in total. The van der Waals surface area contributed by atoms with Crippen molar-refractivity contribution in [3.05, 3.63) is 17.7 Å². The van der Waals surface area contributed by atoms with Gasteiger partial charge >= 0.3 is 0 Å². The van der Waals surface area contributed by atoms with Gasteiger partial charge in [-0.2, -0.15) is 0 Å². The molecular weight excluding hydrogens is 238 g/mol. The van der Waals surface area contributed by atoms with E-state index in [2.05, 4.69) is 16.5 Å². The van der Waals surface area contributed by atoms with Crippen molar-refractivity contribution < 1.29 is 4.79 Å². The smallest absolute Gasteiger partial charge is 0.219 e. The van der Waals surface area contributed by atoms with Gasteiger partial charge in [-0.25, -0.2) is 4.98 Å². The highest BCUT2D eigenvalue weighted by Gasteiger charge is 2.29. The molecule has 0 spiro atoms. The van der Waals surface area contributed by atoms with Crippen molar-refractivity contribution in [2.24, 2.45) is 0 Å². The molecule has 0 atom stereocenters. The van der Waals surface area contributed by atoms with Gasteiger partial charge in [-0.15, -0.1) is 0 Å². The van der Waals surface area contributed by atoms with Crippen molar-refractivity contribution in [1.82, 2.24) is 14.5 Å². The van der Waals surface area contributed by atoms with Gasteiger partial charge < -0.3 is 9.47 Å². The number of piperidine rings is 1. The minimum Gasteiger partial charge on any atom is -0.343 e. The van der Waals surface area contributed by atoms with Crippen LogP contribution in [0.5, 0.6) is 0 Å². The maximum Gasteiger partial charge on any atom is 0.219 e. The van der Waals surface area contributed by atoms with Crippen LogP contribution in [0.4, 0.5) is 0 Å². The van der Waals surface area contributed by atoms with E-state index in [-0.39, 0.29) is 5.91 Å². The molecule has 0 unspecified atom stereocenters. The third-order valence-corrected chi connectivity index (χ3v) is 4.76. The van der Waals surface area contributed by atoms with Gasteiger partial charge in [-0.3, -0.25) is 4.79 Å². The molecule has 2 heterocycles. The lowest BCUT2D eigenvalue weighted by atomic mass is 9.84. The molecule has 0 aromatic carbocycles. The van der Waals surface area contributed by atoms with Crippen molar-refractivity contribution >= 4 is 5.91 Å². The Morgan fingerprint density at radius 3 is 2.47 bits per heavy atom. The number of imidazole rings is 1. The summed E-state index contributed by atoms with van der Waals surface area (Å²) in [6, 6.07) is 0.536. The molecule has 1 saturated carbocycles. The maximum atomic E-state index is 11.4. The zero-order valence-corrected chi connectivity index (χ0v) is 11.9. The van der Waals surface area contributed by atoms with Gasteiger partial charge in [0.25, 0.3) is 0 Å². The molecule has 2 aliphatic rings. The van der Waals surface area contributed by atoms with Crippen molar-refractivity contribution in [1.29, 1.82) is 0 Å². The van der Waals surface area contributed by atoms with Gasteiger partial charge in [0.15, 0.2) is 0 Å². The summed E-state index contributed by atoms with van der Waals surface area (Å²) in [5.74, 6) is 2.18. The highest BCUT2D eigenvalue weighted by molar-refractivity contribution is 5.73. The molecule has 4 heteroatoms. The quantitative estimate of drug-likeness (QED) is 0.821. The third kappa shape index (κ3) is 2.28. The summed E-state index contributed by atoms with van der Waals surface area (Å²) in [5, 5.41) is 0. The molecule has 0 bridgehead atoms. The van der Waals surface area contributed by atoms with E-state index in [9.17, 15) is 4.79 Å². The summed E-state index contributed by atoms with van der Waals surface area (Å²) in [4.78, 5) is 18.0. The number of aromatic nitrogens is 2. The summed E-state index contributed by atoms with van der Waals surface area (Å²) in [6.45, 7) is 5.61. The fourth-order valence-corrected chi connectivity index (χ4v) is 3.35. The number of aryl methyl sites for hydroxylation is 1. The molecule has 1 amide bonds. The molecule has 4 nitrogen and oxygen atoms in total. The molecule has 1 aliphatic heterocycles. The van der Waals surface area contributed by atoms with Crippen LogP contribution in [0.3, 0.4) is 0 Å². The van der Waals surface area contributed by atoms with Crippen LogP contribution < -0.4 is 0 Å². The molecule has 1 aromatic rings. The molecule has 1 aliphatic carbocycles. The van der Waals surface area contributed by atoms with Crippen LogP contribution in [0.15, 0.2) is 6.20 Å². The topological polar surface area (TPSA) is 38.1 Å². The van der Waals surface area contributed by atoms with Gasteiger partial charge in [0.1, 0.15) is 5.82 Å². The summed E-state index contributed by atoms with van der Waals surface area (Å²) in [5.41, 5.74) is 1.28. The number of hydrogen-bond acceptors (Lipinski definition) is 2. The third-order valence-electron chi connectivity index (χ3n) is 4.76. The van der Waals surface area contributed by atoms with Crippen molar-refractivity contribution in [3.63, 3.8) is 0 Å². The first kappa shape index (κ1) is 12.7. The zero-order valence-electron chi connectivity index (χ0n) is 11.9. The van der Waals surface area contributed by atoms with E-state index < -0.39 is 0 Å². The minimum atomic E-state index is 0.208. The average Bonchev–Trinajstić information content (AvgIpc) is 2.69. The molecule has 19 heavy (non-hydrogen) atoms. The molecule has 3 rings (SSSR count). The minimum absolute atomic E-state index is 0.208. The number of carbonyl (C=O) groups is 1. The lowest BCUT2D eigenvalue weighted by Gasteiger charge is -2.35. The van der Waals surface area contributed by atoms with Crippen LogP contribution in [0, 0.1) is 6.92 Å². The predicted octanol–water partition coefficient (Wildman–Crippen LogP) is 2.64. The van der Waals surface area contributed by atoms with Crippen molar-refractivity contribution in [3.8, 4) is 0 Å². The lowest BCUT2D eigenvalue weighted by molar-refractivity contribution is -0.130. The number of nitrogens with zero attached hydrogens (tertiary/aromatic N) is 3. The summed E-state index contributed by atoms with van der Waals surface area (Å²) < 4.78 is 2.46. The van der Waals surface area contributed by atoms with E-state index in [1.807, 2.05) is 11.1 Å². The highest BCUT2D eigenvalue weighted by atomic mass is 16.2. The Balaban J connectivity index is 1.76. The monoisotopic (exact) mass is 261 g/mol. The number of carbonyl (C=O) groups excluding carboxylic acids is 1. The van der Waals surface area contributed by atoms with E-state index in [1.54, 1.807) is 6.92 Å². The van der Waals surface area contributed by atoms with E-state index in [4.69, 9.17) is 0 Å². The van der Waals surface area contributed by atoms with Crippen LogP contribution in [-0.4, -0.2) is 33.4 Å². The molecule has 0 radical (unpaired) electrons. The summed E-state index contributed by atoms with van der Waals surface area (Å²) in [6.07, 6.45) is 8.09. The molecule has 2 fully saturated rings. The molecule has 1 aromatic heterocycles. The number of hydrogen-bond donors (Lipinski definition) is 0. The van der Waals surface area contributed by atoms with Gasteiger partial charge in [0.2, 0.25) is 5.91 Å². The van der Waals surface area contributed by atoms with Gasteiger partial charge in [0, 0.05) is 43.9 Å². The van der Waals surface area contributed by atoms with E-state index in [0.29, 0.717) is 12.0 Å². The van der Waals surface area contributed by atoms with E-state index in [1.165, 1.54) is 30.8 Å². The summed E-state index contributed by atoms with van der Waals surface area (Å²) in [7, 11) is 0. The van der Waals surface area contributed by atoms with E-state index in [0.717, 1.165) is 25.9 Å². The van der Waals surface area contributed by atoms with Crippen LogP contribution in [0.2, 0.25) is 0 Å². The van der Waals surface area contributed by atoms with Gasteiger partial charge in [-0.1, -0.05) is 6.42 Å². The predicted molar refractivity (Wildman–Crippen MR) is 74.1 cm³/mol. The van der Waals surface area contributed by atoms with Crippen molar-refractivity contribution in [2.45, 2.75) is 57.9 Å². The Kier molecular flexibility index (Phi) is 3.33. The lowest BCUT2D eigenvalue weighted by Crippen LogP contribution is -2.38. The second kappa shape index (κ2) is 4.99. The average molecular weight is 261 g/mol. The molecule has 104 valence electrons. The molecule has 1 saturated heterocycles. The fourth-order valence-electron chi connectivity index (χ4n) is 3.35. The normalized spacial score (nSPS) is 21.5. The first-order valence-corrected chi connectivity index (χ1v) is 7.46. The first-order chi connectivity index (χ1) is 9.16. The van der Waals surface area contributed by atoms with Gasteiger partial charge in [-0.05, 0) is 32.6 Å². The van der Waals surface area contributed by atoms with Gasteiger partial charge in [0.05, 0.1) is 0 Å². The number of likely N-dealkylation sites (tertiary alicyclic amines) is 1. The second-order valence-corrected chi connectivity index (χ2v) is 5.99. The summed E-state index contributed by atoms with van der Waals surface area (Å²) >= 11 is 0. The second-order valence-electron chi connectivity index (χ2n) is 5.99. The Bertz CT molecular complexity index is 468. The van der Waals surface area contributed by atoms with Crippen LogP contribution in [-0.2, 0) is 4.79 Å². The molecular formula is C15H23N3O. The largest absolute Gasteiger partial charge is 0.343 e. The van der Waals surface area contributed by atoms with Crippen LogP contribution in [0.25, 0.3) is 0 Å². The number of rotatable bonds is 2. The fraction of sp³-hybridized carbons (Fsp3) is 0.733. The van der Waals surface area contributed by atoms with Crippen LogP contribution >= 0.6 is 0 Å². The van der Waals surface area contributed by atoms with E-state index >= 15 is 0 Å².